The number of rotatable bonds is 6. The largest absolute Gasteiger partial charge is 0.488 e. The van der Waals surface area contributed by atoms with Crippen LogP contribution in [-0.2, 0) is 11.3 Å². The maximum absolute atomic E-state index is 12.1. The number of hydrogen-bond acceptors (Lipinski definition) is 3. The van der Waals surface area contributed by atoms with Crippen LogP contribution in [0.1, 0.15) is 21.5 Å². The molecule has 0 heterocycles. The molecule has 130 valence electrons. The maximum Gasteiger partial charge on any atom is 0.341 e. The smallest absolute Gasteiger partial charge is 0.341 e. The van der Waals surface area contributed by atoms with E-state index < -0.39 is 5.97 Å². The molecule has 0 N–H and O–H groups in total. The maximum atomic E-state index is 12.1. The lowest BCUT2D eigenvalue weighted by Gasteiger charge is -2.13. The molecule has 0 aromatic heterocycles. The van der Waals surface area contributed by atoms with Gasteiger partial charge < -0.3 is 9.47 Å². The quantitative estimate of drug-likeness (QED) is 0.565. The van der Waals surface area contributed by atoms with Crippen molar-refractivity contribution in [2.75, 3.05) is 7.11 Å². The first-order chi connectivity index (χ1) is 12.7. The fraction of sp³-hybridized carbons (Fsp3) is 0.0870. The summed E-state index contributed by atoms with van der Waals surface area (Å²) in [6, 6.07) is 23.4. The molecular formula is C23H20O3. The SMILES string of the molecule is C=Cc1ccc(-c2ccc(C(=O)OC)c(OCc3ccccc3)c2)cc1. The van der Waals surface area contributed by atoms with Crippen LogP contribution in [0.2, 0.25) is 0 Å². The highest BCUT2D eigenvalue weighted by atomic mass is 16.5. The van der Waals surface area contributed by atoms with Gasteiger partial charge in [0.05, 0.1) is 7.11 Å². The summed E-state index contributed by atoms with van der Waals surface area (Å²) < 4.78 is 10.8. The summed E-state index contributed by atoms with van der Waals surface area (Å²) in [5, 5.41) is 0. The number of esters is 1. The molecule has 0 aliphatic rings. The van der Waals surface area contributed by atoms with Gasteiger partial charge in [0.25, 0.3) is 0 Å². The van der Waals surface area contributed by atoms with Gasteiger partial charge in [0.1, 0.15) is 17.9 Å². The summed E-state index contributed by atoms with van der Waals surface area (Å²) in [5.41, 5.74) is 4.51. The molecule has 3 nitrogen and oxygen atoms in total. The monoisotopic (exact) mass is 344 g/mol. The topological polar surface area (TPSA) is 35.5 Å². The van der Waals surface area contributed by atoms with Crippen LogP contribution in [0.25, 0.3) is 17.2 Å². The van der Waals surface area contributed by atoms with E-state index in [1.165, 1.54) is 7.11 Å². The molecular weight excluding hydrogens is 324 g/mol. The minimum absolute atomic E-state index is 0.379. The first kappa shape index (κ1) is 17.5. The van der Waals surface area contributed by atoms with E-state index in [9.17, 15) is 4.79 Å². The molecule has 3 aromatic rings. The third-order valence-electron chi connectivity index (χ3n) is 4.10. The molecule has 0 atom stereocenters. The average molecular weight is 344 g/mol. The Bertz CT molecular complexity index is 896. The fourth-order valence-electron chi connectivity index (χ4n) is 2.65. The third-order valence-corrected chi connectivity index (χ3v) is 4.10. The zero-order valence-corrected chi connectivity index (χ0v) is 14.6. The number of benzene rings is 3. The Balaban J connectivity index is 1.92. The van der Waals surface area contributed by atoms with Gasteiger partial charge >= 0.3 is 5.97 Å². The summed E-state index contributed by atoms with van der Waals surface area (Å²) in [6.07, 6.45) is 1.80. The Kier molecular flexibility index (Phi) is 5.49. The summed E-state index contributed by atoms with van der Waals surface area (Å²) in [7, 11) is 1.37. The van der Waals surface area contributed by atoms with Crippen molar-refractivity contribution in [3.05, 3.63) is 96.1 Å². The summed E-state index contributed by atoms with van der Waals surface area (Å²) in [4.78, 5) is 12.1. The molecule has 0 unspecified atom stereocenters. The van der Waals surface area contributed by atoms with Gasteiger partial charge in [-0.3, -0.25) is 0 Å². The van der Waals surface area contributed by atoms with Gasteiger partial charge in [0.2, 0.25) is 0 Å². The number of hydrogen-bond donors (Lipinski definition) is 0. The second-order valence-electron chi connectivity index (χ2n) is 5.80. The summed E-state index contributed by atoms with van der Waals surface area (Å²) in [6.45, 7) is 4.15. The van der Waals surface area contributed by atoms with Crippen LogP contribution in [0.3, 0.4) is 0 Å². The molecule has 0 aliphatic carbocycles. The van der Waals surface area contributed by atoms with Crippen LogP contribution in [0.4, 0.5) is 0 Å². The molecule has 3 rings (SSSR count). The first-order valence-electron chi connectivity index (χ1n) is 8.33. The molecule has 0 radical (unpaired) electrons. The van der Waals surface area contributed by atoms with E-state index in [2.05, 4.69) is 6.58 Å². The van der Waals surface area contributed by atoms with Crippen molar-refractivity contribution >= 4 is 12.0 Å². The van der Waals surface area contributed by atoms with Crippen molar-refractivity contribution in [1.82, 2.24) is 0 Å². The van der Waals surface area contributed by atoms with Crippen LogP contribution < -0.4 is 4.74 Å². The number of methoxy groups -OCH3 is 1. The van der Waals surface area contributed by atoms with Crippen molar-refractivity contribution in [3.8, 4) is 16.9 Å². The molecule has 0 saturated carbocycles. The molecule has 3 heteroatoms. The van der Waals surface area contributed by atoms with Crippen molar-refractivity contribution in [1.29, 1.82) is 0 Å². The average Bonchev–Trinajstić information content (AvgIpc) is 2.72. The number of ether oxygens (including phenoxy) is 2. The highest BCUT2D eigenvalue weighted by Crippen LogP contribution is 2.29. The van der Waals surface area contributed by atoms with E-state index >= 15 is 0 Å². The Labute approximate surface area is 153 Å². The predicted molar refractivity (Wildman–Crippen MR) is 104 cm³/mol. The predicted octanol–water partition coefficient (Wildman–Crippen LogP) is 5.36. The van der Waals surface area contributed by atoms with E-state index in [-0.39, 0.29) is 0 Å². The molecule has 0 fully saturated rings. The second kappa shape index (κ2) is 8.17. The molecule has 0 aliphatic heterocycles. The van der Waals surface area contributed by atoms with E-state index in [0.717, 1.165) is 22.3 Å². The van der Waals surface area contributed by atoms with Crippen LogP contribution in [0.15, 0.2) is 79.4 Å². The van der Waals surface area contributed by atoms with Crippen molar-refractivity contribution in [2.24, 2.45) is 0 Å². The first-order valence-corrected chi connectivity index (χ1v) is 8.33. The molecule has 0 spiro atoms. The fourth-order valence-corrected chi connectivity index (χ4v) is 2.65. The molecule has 0 saturated heterocycles. The Morgan fingerprint density at radius 2 is 1.65 bits per heavy atom. The Hall–Kier alpha value is -3.33. The van der Waals surface area contributed by atoms with E-state index in [1.807, 2.05) is 66.7 Å². The van der Waals surface area contributed by atoms with E-state index in [1.54, 1.807) is 12.1 Å². The lowest BCUT2D eigenvalue weighted by molar-refractivity contribution is 0.0595. The van der Waals surface area contributed by atoms with Crippen molar-refractivity contribution < 1.29 is 14.3 Å². The minimum Gasteiger partial charge on any atom is -0.488 e. The van der Waals surface area contributed by atoms with Crippen LogP contribution in [0.5, 0.6) is 5.75 Å². The Morgan fingerprint density at radius 1 is 0.962 bits per heavy atom. The van der Waals surface area contributed by atoms with Gasteiger partial charge in [-0.05, 0) is 34.4 Å². The van der Waals surface area contributed by atoms with E-state index in [4.69, 9.17) is 9.47 Å². The highest BCUT2D eigenvalue weighted by molar-refractivity contribution is 5.93. The highest BCUT2D eigenvalue weighted by Gasteiger charge is 2.14. The van der Waals surface area contributed by atoms with Crippen molar-refractivity contribution in [2.45, 2.75) is 6.61 Å². The molecule has 26 heavy (non-hydrogen) atoms. The van der Waals surface area contributed by atoms with Gasteiger partial charge in [-0.2, -0.15) is 0 Å². The zero-order valence-electron chi connectivity index (χ0n) is 14.6. The standard InChI is InChI=1S/C23H20O3/c1-3-17-9-11-19(12-10-17)20-13-14-21(23(24)25-2)22(15-20)26-16-18-7-5-4-6-8-18/h3-15H,1,16H2,2H3. The van der Waals surface area contributed by atoms with Gasteiger partial charge in [0, 0.05) is 0 Å². The minimum atomic E-state index is -0.415. The summed E-state index contributed by atoms with van der Waals surface area (Å²) >= 11 is 0. The van der Waals surface area contributed by atoms with Gasteiger partial charge in [-0.15, -0.1) is 0 Å². The third kappa shape index (κ3) is 4.01. The van der Waals surface area contributed by atoms with Crippen molar-refractivity contribution in [3.63, 3.8) is 0 Å². The summed E-state index contributed by atoms with van der Waals surface area (Å²) in [5.74, 6) is 0.0904. The van der Waals surface area contributed by atoms with Crippen LogP contribution >= 0.6 is 0 Å². The van der Waals surface area contributed by atoms with Gasteiger partial charge in [0.15, 0.2) is 0 Å². The lowest BCUT2D eigenvalue weighted by Crippen LogP contribution is -2.06. The molecule has 0 amide bonds. The molecule has 0 bridgehead atoms. The normalized spacial score (nSPS) is 10.2. The van der Waals surface area contributed by atoms with Crippen LogP contribution in [0, 0.1) is 0 Å². The lowest BCUT2D eigenvalue weighted by atomic mass is 10.0. The zero-order chi connectivity index (χ0) is 18.4. The van der Waals surface area contributed by atoms with Gasteiger partial charge in [-0.1, -0.05) is 73.3 Å². The van der Waals surface area contributed by atoms with Gasteiger partial charge in [-0.25, -0.2) is 4.79 Å². The van der Waals surface area contributed by atoms with E-state index in [0.29, 0.717) is 17.9 Å². The number of carbonyl (C=O) groups is 1. The molecule has 3 aromatic carbocycles. The van der Waals surface area contributed by atoms with Crippen LogP contribution in [-0.4, -0.2) is 13.1 Å². The number of carbonyl (C=O) groups excluding carboxylic acids is 1. The second-order valence-corrected chi connectivity index (χ2v) is 5.80. The Morgan fingerprint density at radius 3 is 2.31 bits per heavy atom.